The van der Waals surface area contributed by atoms with Crippen molar-refractivity contribution in [2.45, 2.75) is 6.61 Å². The number of ether oxygens (including phenoxy) is 1. The van der Waals surface area contributed by atoms with Gasteiger partial charge in [0.05, 0.1) is 0 Å². The SMILES string of the molecule is Nc1cccc(F)c1COc1cccc(F)c1F. The van der Waals surface area contributed by atoms with Gasteiger partial charge < -0.3 is 10.5 Å². The minimum absolute atomic E-state index is 0.112. The van der Waals surface area contributed by atoms with Gasteiger partial charge in [-0.15, -0.1) is 0 Å². The van der Waals surface area contributed by atoms with Crippen LogP contribution in [0.4, 0.5) is 18.9 Å². The van der Waals surface area contributed by atoms with E-state index in [9.17, 15) is 13.2 Å². The Labute approximate surface area is 102 Å². The highest BCUT2D eigenvalue weighted by molar-refractivity contribution is 5.47. The molecule has 18 heavy (non-hydrogen) atoms. The van der Waals surface area contributed by atoms with E-state index in [2.05, 4.69) is 0 Å². The standard InChI is InChI=1S/C13H10F3NO/c14-9-3-1-5-11(17)8(9)7-18-12-6-2-4-10(15)13(12)16/h1-6H,7,17H2. The van der Waals surface area contributed by atoms with E-state index in [1.165, 1.54) is 30.3 Å². The van der Waals surface area contributed by atoms with Crippen molar-refractivity contribution < 1.29 is 17.9 Å². The zero-order valence-electron chi connectivity index (χ0n) is 9.29. The topological polar surface area (TPSA) is 35.2 Å². The molecule has 0 saturated heterocycles. The van der Waals surface area contributed by atoms with E-state index in [1.807, 2.05) is 0 Å². The summed E-state index contributed by atoms with van der Waals surface area (Å²) in [6.07, 6.45) is 0. The Morgan fingerprint density at radius 1 is 0.944 bits per heavy atom. The van der Waals surface area contributed by atoms with E-state index in [4.69, 9.17) is 10.5 Å². The number of nitrogen functional groups attached to an aromatic ring is 1. The number of anilines is 1. The fourth-order valence-electron chi connectivity index (χ4n) is 1.47. The van der Waals surface area contributed by atoms with Gasteiger partial charge in [0, 0.05) is 11.3 Å². The Morgan fingerprint density at radius 2 is 1.61 bits per heavy atom. The predicted octanol–water partition coefficient (Wildman–Crippen LogP) is 3.27. The van der Waals surface area contributed by atoms with Crippen molar-refractivity contribution in [3.8, 4) is 5.75 Å². The van der Waals surface area contributed by atoms with Gasteiger partial charge >= 0.3 is 0 Å². The Bertz CT molecular complexity index is 552. The zero-order chi connectivity index (χ0) is 13.1. The molecule has 5 heteroatoms. The van der Waals surface area contributed by atoms with Crippen molar-refractivity contribution in [2.24, 2.45) is 0 Å². The normalized spacial score (nSPS) is 10.4. The Hall–Kier alpha value is -2.17. The average molecular weight is 253 g/mol. The molecular formula is C13H10F3NO. The third-order valence-corrected chi connectivity index (χ3v) is 2.44. The van der Waals surface area contributed by atoms with Gasteiger partial charge in [-0.1, -0.05) is 12.1 Å². The first-order chi connectivity index (χ1) is 8.59. The first-order valence-corrected chi connectivity index (χ1v) is 5.19. The lowest BCUT2D eigenvalue weighted by molar-refractivity contribution is 0.280. The van der Waals surface area contributed by atoms with Crippen LogP contribution < -0.4 is 10.5 Å². The summed E-state index contributed by atoms with van der Waals surface area (Å²) >= 11 is 0. The van der Waals surface area contributed by atoms with Gasteiger partial charge in [-0.05, 0) is 24.3 Å². The molecule has 0 aliphatic heterocycles. The molecule has 0 saturated carbocycles. The van der Waals surface area contributed by atoms with E-state index in [0.29, 0.717) is 0 Å². The second-order valence-corrected chi connectivity index (χ2v) is 3.65. The van der Waals surface area contributed by atoms with Crippen LogP contribution in [-0.4, -0.2) is 0 Å². The Morgan fingerprint density at radius 3 is 2.33 bits per heavy atom. The second-order valence-electron chi connectivity index (χ2n) is 3.65. The summed E-state index contributed by atoms with van der Waals surface area (Å²) in [4.78, 5) is 0. The lowest BCUT2D eigenvalue weighted by Gasteiger charge is -2.10. The largest absolute Gasteiger partial charge is 0.486 e. The quantitative estimate of drug-likeness (QED) is 0.852. The molecule has 0 aromatic heterocycles. The van der Waals surface area contributed by atoms with Crippen molar-refractivity contribution in [3.63, 3.8) is 0 Å². The summed E-state index contributed by atoms with van der Waals surface area (Å²) in [7, 11) is 0. The molecule has 94 valence electrons. The second kappa shape index (κ2) is 5.00. The Kier molecular flexibility index (Phi) is 3.41. The van der Waals surface area contributed by atoms with Crippen LogP contribution in [0.1, 0.15) is 5.56 Å². The number of benzene rings is 2. The number of nitrogens with two attached hydrogens (primary N) is 1. The maximum absolute atomic E-state index is 13.4. The number of hydrogen-bond acceptors (Lipinski definition) is 2. The van der Waals surface area contributed by atoms with E-state index < -0.39 is 17.5 Å². The molecule has 0 fully saturated rings. The van der Waals surface area contributed by atoms with Crippen LogP contribution in [0.5, 0.6) is 5.75 Å². The molecule has 2 nitrogen and oxygen atoms in total. The Balaban J connectivity index is 2.19. The zero-order valence-corrected chi connectivity index (χ0v) is 9.29. The molecule has 2 aromatic carbocycles. The van der Waals surface area contributed by atoms with Gasteiger partial charge in [0.15, 0.2) is 11.6 Å². The molecule has 0 amide bonds. The third-order valence-electron chi connectivity index (χ3n) is 2.44. The number of rotatable bonds is 3. The molecule has 0 atom stereocenters. The maximum Gasteiger partial charge on any atom is 0.200 e. The molecule has 0 aliphatic rings. The van der Waals surface area contributed by atoms with Crippen molar-refractivity contribution in [1.29, 1.82) is 0 Å². The summed E-state index contributed by atoms with van der Waals surface area (Å²) in [6.45, 7) is -0.265. The predicted molar refractivity (Wildman–Crippen MR) is 61.5 cm³/mol. The van der Waals surface area contributed by atoms with E-state index in [1.54, 1.807) is 0 Å². The first-order valence-electron chi connectivity index (χ1n) is 5.19. The lowest BCUT2D eigenvalue weighted by Crippen LogP contribution is -2.04. The molecule has 0 radical (unpaired) electrons. The molecule has 0 heterocycles. The van der Waals surface area contributed by atoms with Crippen LogP contribution in [0.2, 0.25) is 0 Å². The number of hydrogen-bond donors (Lipinski definition) is 1. The molecule has 2 N–H and O–H groups in total. The molecular weight excluding hydrogens is 243 g/mol. The van der Waals surface area contributed by atoms with Crippen LogP contribution in [-0.2, 0) is 6.61 Å². The fraction of sp³-hybridized carbons (Fsp3) is 0.0769. The van der Waals surface area contributed by atoms with Crippen molar-refractivity contribution >= 4 is 5.69 Å². The molecule has 0 unspecified atom stereocenters. The van der Waals surface area contributed by atoms with Gasteiger partial charge in [-0.3, -0.25) is 0 Å². The average Bonchev–Trinajstić information content (AvgIpc) is 2.33. The molecule has 0 spiro atoms. The summed E-state index contributed by atoms with van der Waals surface area (Å²) in [5.41, 5.74) is 5.88. The van der Waals surface area contributed by atoms with Crippen LogP contribution in [0.15, 0.2) is 36.4 Å². The van der Waals surface area contributed by atoms with Gasteiger partial charge in [0.1, 0.15) is 12.4 Å². The summed E-state index contributed by atoms with van der Waals surface area (Å²) < 4.78 is 44.6. The monoisotopic (exact) mass is 253 g/mol. The maximum atomic E-state index is 13.4. The van der Waals surface area contributed by atoms with Crippen molar-refractivity contribution in [1.82, 2.24) is 0 Å². The fourth-order valence-corrected chi connectivity index (χ4v) is 1.47. The third kappa shape index (κ3) is 2.40. The number of halogens is 3. The highest BCUT2D eigenvalue weighted by atomic mass is 19.2. The molecule has 0 bridgehead atoms. The molecule has 2 rings (SSSR count). The van der Waals surface area contributed by atoms with Crippen molar-refractivity contribution in [2.75, 3.05) is 5.73 Å². The van der Waals surface area contributed by atoms with Crippen LogP contribution in [0.25, 0.3) is 0 Å². The minimum atomic E-state index is -1.10. The van der Waals surface area contributed by atoms with Gasteiger partial charge in [0.2, 0.25) is 5.82 Å². The smallest absolute Gasteiger partial charge is 0.200 e. The summed E-state index contributed by atoms with van der Waals surface area (Å²) in [5, 5.41) is 0. The summed E-state index contributed by atoms with van der Waals surface area (Å²) in [6, 6.07) is 7.71. The highest BCUT2D eigenvalue weighted by Crippen LogP contribution is 2.22. The summed E-state index contributed by atoms with van der Waals surface area (Å²) in [5.74, 6) is -2.95. The van der Waals surface area contributed by atoms with Crippen LogP contribution in [0, 0.1) is 17.5 Å². The minimum Gasteiger partial charge on any atom is -0.486 e. The van der Waals surface area contributed by atoms with E-state index in [-0.39, 0.29) is 23.6 Å². The van der Waals surface area contributed by atoms with Gasteiger partial charge in [-0.2, -0.15) is 4.39 Å². The van der Waals surface area contributed by atoms with E-state index >= 15 is 0 Å². The van der Waals surface area contributed by atoms with Crippen LogP contribution >= 0.6 is 0 Å². The highest BCUT2D eigenvalue weighted by Gasteiger charge is 2.11. The van der Waals surface area contributed by atoms with Crippen LogP contribution in [0.3, 0.4) is 0 Å². The lowest BCUT2D eigenvalue weighted by atomic mass is 10.2. The first kappa shape index (κ1) is 12.3. The van der Waals surface area contributed by atoms with Gasteiger partial charge in [-0.25, -0.2) is 8.78 Å². The molecule has 0 aliphatic carbocycles. The van der Waals surface area contributed by atoms with E-state index in [0.717, 1.165) is 6.07 Å². The van der Waals surface area contributed by atoms with Crippen molar-refractivity contribution in [3.05, 3.63) is 59.4 Å². The van der Waals surface area contributed by atoms with Gasteiger partial charge in [0.25, 0.3) is 0 Å². The molecule has 2 aromatic rings.